The van der Waals surface area contributed by atoms with E-state index in [9.17, 15) is 18.8 Å². The van der Waals surface area contributed by atoms with Crippen LogP contribution in [0.15, 0.2) is 45.4 Å². The van der Waals surface area contributed by atoms with E-state index >= 15 is 0 Å². The summed E-state index contributed by atoms with van der Waals surface area (Å²) in [5, 5.41) is 2.65. The van der Waals surface area contributed by atoms with Gasteiger partial charge in [-0.15, -0.1) is 11.3 Å². The van der Waals surface area contributed by atoms with Gasteiger partial charge in [-0.25, -0.2) is 18.7 Å². The molecular formula is C16H12FN3O3S. The Morgan fingerprint density at radius 1 is 1.25 bits per heavy atom. The van der Waals surface area contributed by atoms with E-state index in [-0.39, 0.29) is 17.8 Å². The standard InChI is InChI=1S/C16H12FN3O3S/c1-10-18-13(9-24-10)7-19-6-11(8-21)15(22)20(16(19)23)14-4-2-12(17)3-5-14/h2-6,8-9H,7H2,1H3. The normalized spacial score (nSPS) is 10.8. The number of aldehydes is 1. The molecule has 0 aliphatic rings. The molecule has 0 N–H and O–H groups in total. The number of nitrogens with zero attached hydrogens (tertiary/aromatic N) is 3. The summed E-state index contributed by atoms with van der Waals surface area (Å²) in [5.41, 5.74) is -0.680. The highest BCUT2D eigenvalue weighted by Gasteiger charge is 2.14. The third-order valence-electron chi connectivity index (χ3n) is 3.39. The van der Waals surface area contributed by atoms with Gasteiger partial charge in [-0.3, -0.25) is 14.2 Å². The summed E-state index contributed by atoms with van der Waals surface area (Å²) < 4.78 is 15.2. The maximum Gasteiger partial charge on any atom is 0.336 e. The van der Waals surface area contributed by atoms with Crippen molar-refractivity contribution in [2.45, 2.75) is 13.5 Å². The van der Waals surface area contributed by atoms with Crippen LogP contribution in [0.5, 0.6) is 0 Å². The molecule has 0 atom stereocenters. The summed E-state index contributed by atoms with van der Waals surface area (Å²) in [6.45, 7) is 1.97. The van der Waals surface area contributed by atoms with Crippen molar-refractivity contribution in [1.82, 2.24) is 14.1 Å². The van der Waals surface area contributed by atoms with E-state index in [2.05, 4.69) is 4.98 Å². The molecule has 0 fully saturated rings. The maximum absolute atomic E-state index is 13.1. The maximum atomic E-state index is 13.1. The van der Waals surface area contributed by atoms with E-state index in [1.165, 1.54) is 34.2 Å². The molecule has 3 rings (SSSR count). The molecular weight excluding hydrogens is 333 g/mol. The highest BCUT2D eigenvalue weighted by atomic mass is 32.1. The second-order valence-electron chi connectivity index (χ2n) is 5.09. The Morgan fingerprint density at radius 2 is 1.96 bits per heavy atom. The van der Waals surface area contributed by atoms with Gasteiger partial charge in [0.2, 0.25) is 0 Å². The van der Waals surface area contributed by atoms with Gasteiger partial charge in [0, 0.05) is 11.6 Å². The highest BCUT2D eigenvalue weighted by molar-refractivity contribution is 7.09. The number of hydrogen-bond donors (Lipinski definition) is 0. The van der Waals surface area contributed by atoms with E-state index in [1.54, 1.807) is 5.38 Å². The molecule has 6 nitrogen and oxygen atoms in total. The first-order valence-electron chi connectivity index (χ1n) is 6.98. The number of hydrogen-bond acceptors (Lipinski definition) is 5. The molecule has 0 amide bonds. The summed E-state index contributed by atoms with van der Waals surface area (Å²) in [6, 6.07) is 4.90. The Kier molecular flexibility index (Phi) is 4.22. The van der Waals surface area contributed by atoms with E-state index in [4.69, 9.17) is 0 Å². The molecule has 2 heterocycles. The number of thiazole rings is 1. The predicted octanol–water partition coefficient (Wildman–Crippen LogP) is 1.76. The topological polar surface area (TPSA) is 74.0 Å². The van der Waals surface area contributed by atoms with E-state index < -0.39 is 17.1 Å². The van der Waals surface area contributed by atoms with Crippen LogP contribution in [0.25, 0.3) is 5.69 Å². The minimum absolute atomic E-state index is 0.130. The number of aromatic nitrogens is 3. The summed E-state index contributed by atoms with van der Waals surface area (Å²) in [7, 11) is 0. The van der Waals surface area contributed by atoms with Gasteiger partial charge >= 0.3 is 5.69 Å². The third-order valence-corrected chi connectivity index (χ3v) is 4.21. The fourth-order valence-corrected chi connectivity index (χ4v) is 2.89. The zero-order valence-electron chi connectivity index (χ0n) is 12.6. The van der Waals surface area contributed by atoms with Crippen molar-refractivity contribution in [3.63, 3.8) is 0 Å². The lowest BCUT2D eigenvalue weighted by Crippen LogP contribution is -2.40. The molecule has 0 radical (unpaired) electrons. The van der Waals surface area contributed by atoms with Crippen molar-refractivity contribution >= 4 is 17.6 Å². The molecule has 0 aliphatic carbocycles. The van der Waals surface area contributed by atoms with Crippen LogP contribution in [0.2, 0.25) is 0 Å². The van der Waals surface area contributed by atoms with Crippen molar-refractivity contribution in [1.29, 1.82) is 0 Å². The average molecular weight is 345 g/mol. The van der Waals surface area contributed by atoms with Crippen molar-refractivity contribution in [2.24, 2.45) is 0 Å². The largest absolute Gasteiger partial charge is 0.336 e. The second kappa shape index (κ2) is 6.32. The molecule has 8 heteroatoms. The zero-order chi connectivity index (χ0) is 17.3. The van der Waals surface area contributed by atoms with Gasteiger partial charge in [-0.05, 0) is 31.2 Å². The van der Waals surface area contributed by atoms with Crippen LogP contribution in [0.1, 0.15) is 21.1 Å². The summed E-state index contributed by atoms with van der Waals surface area (Å²) in [4.78, 5) is 40.4. The van der Waals surface area contributed by atoms with Gasteiger partial charge in [0.15, 0.2) is 6.29 Å². The first-order chi connectivity index (χ1) is 11.5. The zero-order valence-corrected chi connectivity index (χ0v) is 13.4. The molecule has 2 aromatic heterocycles. The Labute approximate surface area is 139 Å². The van der Waals surface area contributed by atoms with E-state index in [0.717, 1.165) is 21.7 Å². The number of rotatable bonds is 4. The van der Waals surface area contributed by atoms with E-state index in [0.29, 0.717) is 12.0 Å². The quantitative estimate of drug-likeness (QED) is 0.676. The minimum atomic E-state index is -0.743. The lowest BCUT2D eigenvalue weighted by Gasteiger charge is -2.10. The number of carbonyl (C=O) groups excluding carboxylic acids is 1. The predicted molar refractivity (Wildman–Crippen MR) is 87.6 cm³/mol. The average Bonchev–Trinajstić information content (AvgIpc) is 2.97. The molecule has 0 aliphatic heterocycles. The van der Waals surface area contributed by atoms with Crippen molar-refractivity contribution in [3.05, 3.63) is 78.8 Å². The van der Waals surface area contributed by atoms with Gasteiger partial charge in [0.05, 0.1) is 28.5 Å². The first-order valence-corrected chi connectivity index (χ1v) is 7.86. The fraction of sp³-hybridized carbons (Fsp3) is 0.125. The lowest BCUT2D eigenvalue weighted by molar-refractivity contribution is 0.112. The summed E-state index contributed by atoms with van der Waals surface area (Å²) in [5.74, 6) is -0.489. The number of carbonyl (C=O) groups is 1. The molecule has 122 valence electrons. The first kappa shape index (κ1) is 16.0. The van der Waals surface area contributed by atoms with Crippen LogP contribution < -0.4 is 11.2 Å². The van der Waals surface area contributed by atoms with Crippen LogP contribution >= 0.6 is 11.3 Å². The molecule has 0 saturated carbocycles. The fourth-order valence-electron chi connectivity index (χ4n) is 2.29. The molecule has 0 unspecified atom stereocenters. The van der Waals surface area contributed by atoms with Crippen molar-refractivity contribution in [2.75, 3.05) is 0 Å². The molecule has 0 spiro atoms. The Balaban J connectivity index is 2.19. The van der Waals surface area contributed by atoms with Crippen LogP contribution in [-0.4, -0.2) is 20.4 Å². The van der Waals surface area contributed by atoms with Gasteiger partial charge in [0.25, 0.3) is 5.56 Å². The number of benzene rings is 1. The highest BCUT2D eigenvalue weighted by Crippen LogP contribution is 2.09. The van der Waals surface area contributed by atoms with Gasteiger partial charge in [0.1, 0.15) is 5.82 Å². The summed E-state index contributed by atoms with van der Waals surface area (Å²) >= 11 is 1.44. The number of halogens is 1. The molecule has 0 bridgehead atoms. The molecule has 0 saturated heterocycles. The van der Waals surface area contributed by atoms with Gasteiger partial charge < -0.3 is 0 Å². The third kappa shape index (κ3) is 2.95. The smallest absolute Gasteiger partial charge is 0.298 e. The lowest BCUT2D eigenvalue weighted by atomic mass is 10.3. The number of aryl methyl sites for hydroxylation is 1. The second-order valence-corrected chi connectivity index (χ2v) is 6.15. The monoisotopic (exact) mass is 345 g/mol. The van der Waals surface area contributed by atoms with Crippen LogP contribution in [0.4, 0.5) is 4.39 Å². The van der Waals surface area contributed by atoms with Gasteiger partial charge in [-0.2, -0.15) is 0 Å². The Bertz CT molecular complexity index is 1020. The Hall–Kier alpha value is -2.87. The Morgan fingerprint density at radius 3 is 2.54 bits per heavy atom. The van der Waals surface area contributed by atoms with Gasteiger partial charge in [-0.1, -0.05) is 0 Å². The minimum Gasteiger partial charge on any atom is -0.298 e. The summed E-state index contributed by atoms with van der Waals surface area (Å²) in [6.07, 6.45) is 1.61. The van der Waals surface area contributed by atoms with Crippen LogP contribution in [-0.2, 0) is 6.54 Å². The van der Waals surface area contributed by atoms with E-state index in [1.807, 2.05) is 6.92 Å². The van der Waals surface area contributed by atoms with Crippen molar-refractivity contribution in [3.8, 4) is 5.69 Å². The van der Waals surface area contributed by atoms with Crippen molar-refractivity contribution < 1.29 is 9.18 Å². The molecule has 1 aromatic carbocycles. The van der Waals surface area contributed by atoms with Crippen LogP contribution in [0.3, 0.4) is 0 Å². The molecule has 3 aromatic rings. The van der Waals surface area contributed by atoms with Crippen LogP contribution in [0, 0.1) is 12.7 Å². The SMILES string of the molecule is Cc1nc(Cn2cc(C=O)c(=O)n(-c3ccc(F)cc3)c2=O)cs1. The molecule has 24 heavy (non-hydrogen) atoms.